The summed E-state index contributed by atoms with van der Waals surface area (Å²) in [5.41, 5.74) is 2.56. The first-order valence-corrected chi connectivity index (χ1v) is 8.53. The molecule has 104 valence electrons. The fourth-order valence-corrected chi connectivity index (χ4v) is 4.66. The highest BCUT2D eigenvalue weighted by Crippen LogP contribution is 2.35. The molecule has 0 fully saturated rings. The van der Waals surface area contributed by atoms with Gasteiger partial charge in [-0.1, -0.05) is 25.1 Å². The van der Waals surface area contributed by atoms with Gasteiger partial charge in [-0.3, -0.25) is 0 Å². The number of benzene rings is 1. The van der Waals surface area contributed by atoms with Crippen LogP contribution in [0.5, 0.6) is 0 Å². The Kier molecular flexibility index (Phi) is 3.87. The predicted molar refractivity (Wildman–Crippen MR) is 89.0 cm³/mol. The Morgan fingerprint density at radius 2 is 2.10 bits per heavy atom. The largest absolute Gasteiger partial charge is 0.307 e. The van der Waals surface area contributed by atoms with Crippen molar-refractivity contribution in [2.75, 3.05) is 7.05 Å². The lowest BCUT2D eigenvalue weighted by molar-refractivity contribution is 0.690. The van der Waals surface area contributed by atoms with E-state index in [4.69, 9.17) is 4.98 Å². The fourth-order valence-electron chi connectivity index (χ4n) is 2.54. The van der Waals surface area contributed by atoms with Crippen molar-refractivity contribution in [3.63, 3.8) is 0 Å². The van der Waals surface area contributed by atoms with Gasteiger partial charge in [0.2, 0.25) is 0 Å². The zero-order valence-electron chi connectivity index (χ0n) is 11.9. The van der Waals surface area contributed by atoms with Crippen molar-refractivity contribution in [2.24, 2.45) is 0 Å². The van der Waals surface area contributed by atoms with Crippen LogP contribution in [0.15, 0.2) is 29.6 Å². The second kappa shape index (κ2) is 5.64. The molecule has 3 rings (SSSR count). The maximum Gasteiger partial charge on any atom is 0.115 e. The average molecular weight is 302 g/mol. The Bertz CT molecular complexity index is 727. The van der Waals surface area contributed by atoms with Crippen LogP contribution in [0.4, 0.5) is 0 Å². The molecule has 0 radical (unpaired) electrons. The van der Waals surface area contributed by atoms with Gasteiger partial charge < -0.3 is 5.32 Å². The number of aryl methyl sites for hydroxylation is 2. The molecule has 0 saturated heterocycles. The lowest BCUT2D eigenvalue weighted by Gasteiger charge is -2.12. The minimum absolute atomic E-state index is 0.190. The minimum atomic E-state index is 0.190. The summed E-state index contributed by atoms with van der Waals surface area (Å²) in [5, 5.41) is 8.20. The number of hydrogen-bond acceptors (Lipinski definition) is 4. The van der Waals surface area contributed by atoms with Gasteiger partial charge in [-0.15, -0.1) is 22.7 Å². The highest BCUT2D eigenvalue weighted by molar-refractivity contribution is 7.17. The number of fused-ring (bicyclic) bond motifs is 1. The van der Waals surface area contributed by atoms with Crippen molar-refractivity contribution in [3.05, 3.63) is 50.8 Å². The van der Waals surface area contributed by atoms with Gasteiger partial charge in [0, 0.05) is 9.58 Å². The molecule has 0 aliphatic carbocycles. The molecule has 0 aliphatic heterocycles. The summed E-state index contributed by atoms with van der Waals surface area (Å²) >= 11 is 3.62. The van der Waals surface area contributed by atoms with Crippen LogP contribution in [0.2, 0.25) is 0 Å². The Labute approximate surface area is 127 Å². The Balaban J connectivity index is 2.09. The third kappa shape index (κ3) is 2.28. The molecular formula is C16H18N2S2. The Morgan fingerprint density at radius 3 is 2.80 bits per heavy atom. The van der Waals surface area contributed by atoms with E-state index in [9.17, 15) is 0 Å². The number of thiazole rings is 1. The minimum Gasteiger partial charge on any atom is -0.307 e. The van der Waals surface area contributed by atoms with Crippen LogP contribution in [0, 0.1) is 6.92 Å². The fraction of sp³-hybridized carbons (Fsp3) is 0.312. The SMILES string of the molecule is CCc1nc(C(NC)c2csc3ccccc23)sc1C. The molecule has 0 saturated carbocycles. The molecule has 20 heavy (non-hydrogen) atoms. The zero-order chi connectivity index (χ0) is 14.1. The molecular weight excluding hydrogens is 284 g/mol. The first-order chi connectivity index (χ1) is 9.74. The first-order valence-electron chi connectivity index (χ1n) is 6.84. The molecule has 0 aliphatic rings. The molecule has 2 aromatic heterocycles. The summed E-state index contributed by atoms with van der Waals surface area (Å²) in [6, 6.07) is 8.78. The van der Waals surface area contributed by atoms with E-state index in [0.29, 0.717) is 0 Å². The second-order valence-corrected chi connectivity index (χ2v) is 6.96. The third-order valence-corrected chi connectivity index (χ3v) is 5.66. The molecule has 1 aromatic carbocycles. The van der Waals surface area contributed by atoms with Gasteiger partial charge in [-0.2, -0.15) is 0 Å². The van der Waals surface area contributed by atoms with Crippen LogP contribution in [-0.2, 0) is 6.42 Å². The Hall–Kier alpha value is -1.23. The van der Waals surface area contributed by atoms with E-state index in [2.05, 4.69) is 48.8 Å². The lowest BCUT2D eigenvalue weighted by Crippen LogP contribution is -2.17. The standard InChI is InChI=1S/C16H18N2S2/c1-4-13-10(2)20-16(18-13)15(17-3)12-9-19-14-8-6-5-7-11(12)14/h5-9,15,17H,4H2,1-3H3. The summed E-state index contributed by atoms with van der Waals surface area (Å²) in [7, 11) is 2.01. The number of rotatable bonds is 4. The Morgan fingerprint density at radius 1 is 1.30 bits per heavy atom. The number of hydrogen-bond donors (Lipinski definition) is 1. The highest BCUT2D eigenvalue weighted by atomic mass is 32.1. The topological polar surface area (TPSA) is 24.9 Å². The van der Waals surface area contributed by atoms with Crippen LogP contribution >= 0.6 is 22.7 Å². The summed E-state index contributed by atoms with van der Waals surface area (Å²) < 4.78 is 1.34. The van der Waals surface area contributed by atoms with Gasteiger partial charge in [0.15, 0.2) is 0 Å². The van der Waals surface area contributed by atoms with Crippen molar-refractivity contribution in [2.45, 2.75) is 26.3 Å². The number of nitrogens with zero attached hydrogens (tertiary/aromatic N) is 1. The van der Waals surface area contributed by atoms with Crippen LogP contribution in [0.3, 0.4) is 0 Å². The van der Waals surface area contributed by atoms with E-state index >= 15 is 0 Å². The smallest absolute Gasteiger partial charge is 0.115 e. The van der Waals surface area contributed by atoms with Crippen molar-refractivity contribution in [3.8, 4) is 0 Å². The maximum absolute atomic E-state index is 4.82. The maximum atomic E-state index is 4.82. The monoisotopic (exact) mass is 302 g/mol. The van der Waals surface area contributed by atoms with E-state index in [1.165, 1.54) is 31.2 Å². The molecule has 0 bridgehead atoms. The van der Waals surface area contributed by atoms with Crippen LogP contribution < -0.4 is 5.32 Å². The molecule has 2 nitrogen and oxygen atoms in total. The van der Waals surface area contributed by atoms with Crippen LogP contribution in [0.25, 0.3) is 10.1 Å². The quantitative estimate of drug-likeness (QED) is 0.765. The van der Waals surface area contributed by atoms with Gasteiger partial charge in [-0.25, -0.2) is 4.98 Å². The number of aromatic nitrogens is 1. The van der Waals surface area contributed by atoms with Crippen molar-refractivity contribution >= 4 is 32.8 Å². The summed E-state index contributed by atoms with van der Waals surface area (Å²) in [5.74, 6) is 0. The lowest BCUT2D eigenvalue weighted by atomic mass is 10.1. The van der Waals surface area contributed by atoms with Gasteiger partial charge >= 0.3 is 0 Å². The predicted octanol–water partition coefficient (Wildman–Crippen LogP) is 4.54. The average Bonchev–Trinajstić information content (AvgIpc) is 3.04. The van der Waals surface area contributed by atoms with Gasteiger partial charge in [0.25, 0.3) is 0 Å². The van der Waals surface area contributed by atoms with Crippen molar-refractivity contribution < 1.29 is 0 Å². The van der Waals surface area contributed by atoms with E-state index in [1.807, 2.05) is 18.4 Å². The van der Waals surface area contributed by atoms with Crippen LogP contribution in [-0.4, -0.2) is 12.0 Å². The van der Waals surface area contributed by atoms with Gasteiger partial charge in [0.05, 0.1) is 11.7 Å². The molecule has 1 N–H and O–H groups in total. The summed E-state index contributed by atoms with van der Waals surface area (Å²) in [4.78, 5) is 6.16. The van der Waals surface area contributed by atoms with E-state index in [1.54, 1.807) is 11.3 Å². The molecule has 0 spiro atoms. The number of thiophene rings is 1. The third-order valence-electron chi connectivity index (χ3n) is 3.60. The van der Waals surface area contributed by atoms with Gasteiger partial charge in [-0.05, 0) is 42.8 Å². The summed E-state index contributed by atoms with van der Waals surface area (Å²) in [6.07, 6.45) is 1.00. The van der Waals surface area contributed by atoms with Crippen molar-refractivity contribution in [1.82, 2.24) is 10.3 Å². The molecule has 3 aromatic rings. The number of nitrogens with one attached hydrogen (secondary N) is 1. The van der Waals surface area contributed by atoms with E-state index < -0.39 is 0 Å². The van der Waals surface area contributed by atoms with E-state index in [0.717, 1.165) is 6.42 Å². The van der Waals surface area contributed by atoms with Gasteiger partial charge in [0.1, 0.15) is 5.01 Å². The molecule has 2 heterocycles. The molecule has 1 unspecified atom stereocenters. The zero-order valence-corrected chi connectivity index (χ0v) is 13.6. The van der Waals surface area contributed by atoms with E-state index in [-0.39, 0.29) is 6.04 Å². The highest BCUT2D eigenvalue weighted by Gasteiger charge is 2.20. The second-order valence-electron chi connectivity index (χ2n) is 4.82. The first kappa shape index (κ1) is 13.7. The normalized spacial score (nSPS) is 12.9. The molecule has 1 atom stereocenters. The summed E-state index contributed by atoms with van der Waals surface area (Å²) in [6.45, 7) is 4.33. The van der Waals surface area contributed by atoms with Crippen molar-refractivity contribution in [1.29, 1.82) is 0 Å². The van der Waals surface area contributed by atoms with Crippen LogP contribution in [0.1, 0.15) is 34.1 Å². The molecule has 4 heteroatoms. The molecule has 0 amide bonds.